The van der Waals surface area contributed by atoms with Gasteiger partial charge in [0.1, 0.15) is 5.75 Å². The fourth-order valence-electron chi connectivity index (χ4n) is 2.85. The van der Waals surface area contributed by atoms with Crippen LogP contribution in [0.2, 0.25) is 0 Å². The van der Waals surface area contributed by atoms with Gasteiger partial charge in [-0.05, 0) is 24.3 Å². The van der Waals surface area contributed by atoms with Gasteiger partial charge in [-0.3, -0.25) is 5.32 Å². The lowest BCUT2D eigenvalue weighted by Gasteiger charge is -2.08. The van der Waals surface area contributed by atoms with Gasteiger partial charge in [-0.1, -0.05) is 12.1 Å². The van der Waals surface area contributed by atoms with Gasteiger partial charge in [0.15, 0.2) is 0 Å². The number of benzene rings is 2. The summed E-state index contributed by atoms with van der Waals surface area (Å²) < 4.78 is 44.7. The molecule has 9 heteroatoms. The molecule has 0 atom stereocenters. The first-order valence-electron chi connectivity index (χ1n) is 7.72. The highest BCUT2D eigenvalue weighted by Crippen LogP contribution is 2.28. The zero-order valence-corrected chi connectivity index (χ0v) is 13.9. The summed E-state index contributed by atoms with van der Waals surface area (Å²) in [6.07, 6.45) is -4.74. The summed E-state index contributed by atoms with van der Waals surface area (Å²) in [4.78, 5) is 8.87. The van der Waals surface area contributed by atoms with Crippen molar-refractivity contribution < 1.29 is 17.9 Å². The van der Waals surface area contributed by atoms with Gasteiger partial charge < -0.3 is 13.9 Å². The third-order valence-electron chi connectivity index (χ3n) is 4.10. The number of fused-ring (bicyclic) bond motifs is 2. The standard InChI is InChI=1S/C17H14F3N5O/c1-24-13-6-4-3-5-11(13)21-15(24)23-16-22-12-9-10(26-17(18,19)20)7-8-14(12)25(16)2/h3-9H,1-2H3,(H,21,22,23). The van der Waals surface area contributed by atoms with Gasteiger partial charge in [-0.15, -0.1) is 13.2 Å². The summed E-state index contributed by atoms with van der Waals surface area (Å²) in [7, 11) is 3.64. The Morgan fingerprint density at radius 3 is 2.15 bits per heavy atom. The topological polar surface area (TPSA) is 56.9 Å². The average Bonchev–Trinajstić information content (AvgIpc) is 3.05. The van der Waals surface area contributed by atoms with Crippen molar-refractivity contribution in [2.24, 2.45) is 14.1 Å². The first-order valence-corrected chi connectivity index (χ1v) is 7.72. The third kappa shape index (κ3) is 2.81. The maximum Gasteiger partial charge on any atom is 0.573 e. The summed E-state index contributed by atoms with van der Waals surface area (Å²) in [5, 5.41) is 3.13. The van der Waals surface area contributed by atoms with E-state index in [2.05, 4.69) is 20.0 Å². The molecule has 2 heterocycles. The van der Waals surface area contributed by atoms with Crippen LogP contribution in [0.4, 0.5) is 25.1 Å². The Morgan fingerprint density at radius 2 is 1.50 bits per heavy atom. The number of rotatable bonds is 3. The number of imidazole rings is 2. The molecule has 0 amide bonds. The Hall–Kier alpha value is -3.23. The number of hydrogen-bond acceptors (Lipinski definition) is 4. The van der Waals surface area contributed by atoms with E-state index >= 15 is 0 Å². The Balaban J connectivity index is 1.72. The molecule has 0 saturated heterocycles. The molecule has 2 aromatic heterocycles. The molecule has 6 nitrogen and oxygen atoms in total. The van der Waals surface area contributed by atoms with E-state index in [1.54, 1.807) is 11.6 Å². The van der Waals surface area contributed by atoms with Crippen LogP contribution in [0, 0.1) is 0 Å². The smallest absolute Gasteiger partial charge is 0.406 e. The van der Waals surface area contributed by atoms with Crippen molar-refractivity contribution in [3.05, 3.63) is 42.5 Å². The quantitative estimate of drug-likeness (QED) is 0.597. The normalized spacial score (nSPS) is 12.0. The minimum atomic E-state index is -4.74. The summed E-state index contributed by atoms with van der Waals surface area (Å²) in [5.74, 6) is 0.733. The molecule has 134 valence electrons. The van der Waals surface area contributed by atoms with Crippen LogP contribution in [0.15, 0.2) is 42.5 Å². The Bertz CT molecular complexity index is 1110. The minimum absolute atomic E-state index is 0.308. The van der Waals surface area contributed by atoms with Crippen LogP contribution < -0.4 is 10.1 Å². The van der Waals surface area contributed by atoms with Gasteiger partial charge in [0.05, 0.1) is 22.1 Å². The molecular formula is C17H14F3N5O. The summed E-state index contributed by atoms with van der Waals surface area (Å²) >= 11 is 0. The molecule has 0 unspecified atom stereocenters. The largest absolute Gasteiger partial charge is 0.573 e. The lowest BCUT2D eigenvalue weighted by molar-refractivity contribution is -0.274. The van der Waals surface area contributed by atoms with E-state index in [1.165, 1.54) is 18.2 Å². The fraction of sp³-hybridized carbons (Fsp3) is 0.176. The number of ether oxygens (including phenoxy) is 1. The van der Waals surface area contributed by atoms with Crippen LogP contribution in [-0.2, 0) is 14.1 Å². The highest BCUT2D eigenvalue weighted by atomic mass is 19.4. The van der Waals surface area contributed by atoms with E-state index in [0.29, 0.717) is 22.9 Å². The first kappa shape index (κ1) is 16.2. The van der Waals surface area contributed by atoms with Crippen molar-refractivity contribution in [2.45, 2.75) is 6.36 Å². The van der Waals surface area contributed by atoms with E-state index in [4.69, 9.17) is 0 Å². The second kappa shape index (κ2) is 5.65. The number of aryl methyl sites for hydroxylation is 2. The number of halogens is 3. The maximum atomic E-state index is 12.4. The number of nitrogens with one attached hydrogen (secondary N) is 1. The predicted molar refractivity (Wildman–Crippen MR) is 91.4 cm³/mol. The zero-order chi connectivity index (χ0) is 18.5. The Labute approximate surface area is 145 Å². The molecule has 0 bridgehead atoms. The molecule has 0 saturated carbocycles. The van der Waals surface area contributed by atoms with Gasteiger partial charge in [0, 0.05) is 20.2 Å². The van der Waals surface area contributed by atoms with Crippen molar-refractivity contribution in [1.82, 2.24) is 19.1 Å². The second-order valence-corrected chi connectivity index (χ2v) is 5.80. The number of para-hydroxylation sites is 2. The van der Waals surface area contributed by atoms with E-state index in [1.807, 2.05) is 35.9 Å². The molecule has 0 fully saturated rings. The Kier molecular flexibility index (Phi) is 3.53. The average molecular weight is 361 g/mol. The van der Waals surface area contributed by atoms with Gasteiger partial charge in [-0.25, -0.2) is 9.97 Å². The van der Waals surface area contributed by atoms with E-state index in [0.717, 1.165) is 11.0 Å². The van der Waals surface area contributed by atoms with Crippen LogP contribution in [-0.4, -0.2) is 25.5 Å². The van der Waals surface area contributed by atoms with Crippen molar-refractivity contribution in [1.29, 1.82) is 0 Å². The molecule has 0 aliphatic heterocycles. The van der Waals surface area contributed by atoms with Crippen molar-refractivity contribution in [2.75, 3.05) is 5.32 Å². The fourth-order valence-corrected chi connectivity index (χ4v) is 2.85. The molecule has 1 N–H and O–H groups in total. The highest BCUT2D eigenvalue weighted by Gasteiger charge is 2.31. The van der Waals surface area contributed by atoms with Crippen LogP contribution in [0.5, 0.6) is 5.75 Å². The maximum absolute atomic E-state index is 12.4. The monoisotopic (exact) mass is 361 g/mol. The van der Waals surface area contributed by atoms with Crippen LogP contribution in [0.1, 0.15) is 0 Å². The van der Waals surface area contributed by atoms with Crippen molar-refractivity contribution >= 4 is 34.0 Å². The molecule has 4 rings (SSSR count). The molecular weight excluding hydrogens is 347 g/mol. The van der Waals surface area contributed by atoms with Crippen LogP contribution in [0.3, 0.4) is 0 Å². The first-order chi connectivity index (χ1) is 12.3. The van der Waals surface area contributed by atoms with Gasteiger partial charge in [0.2, 0.25) is 11.9 Å². The van der Waals surface area contributed by atoms with Crippen LogP contribution in [0.25, 0.3) is 22.1 Å². The number of anilines is 2. The molecule has 2 aromatic carbocycles. The predicted octanol–water partition coefficient (Wildman–Crippen LogP) is 4.10. The lowest BCUT2D eigenvalue weighted by atomic mass is 10.3. The molecule has 26 heavy (non-hydrogen) atoms. The summed E-state index contributed by atoms with van der Waals surface area (Å²) in [6.45, 7) is 0. The molecule has 0 aliphatic carbocycles. The molecule has 4 aromatic rings. The van der Waals surface area contributed by atoms with Crippen LogP contribution >= 0.6 is 0 Å². The molecule has 0 spiro atoms. The van der Waals surface area contributed by atoms with E-state index < -0.39 is 6.36 Å². The number of hydrogen-bond donors (Lipinski definition) is 1. The number of aromatic nitrogens is 4. The Morgan fingerprint density at radius 1 is 0.885 bits per heavy atom. The lowest BCUT2D eigenvalue weighted by Crippen LogP contribution is -2.16. The SMILES string of the molecule is Cn1c(Nc2nc3cc(OC(F)(F)F)ccc3n2C)nc2ccccc21. The van der Waals surface area contributed by atoms with E-state index in [9.17, 15) is 13.2 Å². The van der Waals surface area contributed by atoms with Crippen molar-refractivity contribution in [3.8, 4) is 5.75 Å². The molecule has 0 radical (unpaired) electrons. The number of alkyl halides is 3. The van der Waals surface area contributed by atoms with E-state index in [-0.39, 0.29) is 5.75 Å². The van der Waals surface area contributed by atoms with Crippen molar-refractivity contribution in [3.63, 3.8) is 0 Å². The third-order valence-corrected chi connectivity index (χ3v) is 4.10. The molecule has 0 aliphatic rings. The van der Waals surface area contributed by atoms with Gasteiger partial charge >= 0.3 is 6.36 Å². The van der Waals surface area contributed by atoms with Gasteiger partial charge in [-0.2, -0.15) is 0 Å². The second-order valence-electron chi connectivity index (χ2n) is 5.80. The summed E-state index contributed by atoms with van der Waals surface area (Å²) in [5.41, 5.74) is 2.84. The highest BCUT2D eigenvalue weighted by molar-refractivity contribution is 5.82. The summed E-state index contributed by atoms with van der Waals surface area (Å²) in [6, 6.07) is 11.7. The minimum Gasteiger partial charge on any atom is -0.406 e. The zero-order valence-electron chi connectivity index (χ0n) is 13.9. The number of nitrogens with zero attached hydrogens (tertiary/aromatic N) is 4. The van der Waals surface area contributed by atoms with Gasteiger partial charge in [0.25, 0.3) is 0 Å².